The standard InChI is InChI=1S/C19H24N6/c1-4-12-25-17(13-21-18(25)14-24(2)3)16-10-11-20-19(23-16)22-15-8-6-5-7-9-15/h5-11,13H,4,12,14H2,1-3H3,(H,20,22,23). The van der Waals surface area contributed by atoms with Crippen molar-refractivity contribution in [2.75, 3.05) is 19.4 Å². The predicted molar refractivity (Wildman–Crippen MR) is 101 cm³/mol. The first-order valence-electron chi connectivity index (χ1n) is 8.52. The van der Waals surface area contributed by atoms with Crippen molar-refractivity contribution >= 4 is 11.6 Å². The van der Waals surface area contributed by atoms with Crippen molar-refractivity contribution in [3.63, 3.8) is 0 Å². The van der Waals surface area contributed by atoms with Gasteiger partial charge >= 0.3 is 0 Å². The first-order chi connectivity index (χ1) is 12.2. The van der Waals surface area contributed by atoms with Crippen molar-refractivity contribution in [3.8, 4) is 11.4 Å². The minimum absolute atomic E-state index is 0.585. The van der Waals surface area contributed by atoms with E-state index in [0.29, 0.717) is 5.95 Å². The molecule has 0 radical (unpaired) electrons. The highest BCUT2D eigenvalue weighted by atomic mass is 15.2. The molecule has 0 amide bonds. The summed E-state index contributed by atoms with van der Waals surface area (Å²) >= 11 is 0. The van der Waals surface area contributed by atoms with Gasteiger partial charge in [-0.15, -0.1) is 0 Å². The molecule has 0 saturated carbocycles. The van der Waals surface area contributed by atoms with Gasteiger partial charge in [-0.05, 0) is 38.7 Å². The quantitative estimate of drug-likeness (QED) is 0.715. The zero-order valence-electron chi connectivity index (χ0n) is 15.0. The topological polar surface area (TPSA) is 58.9 Å². The van der Waals surface area contributed by atoms with E-state index in [1.165, 1.54) is 0 Å². The van der Waals surface area contributed by atoms with E-state index < -0.39 is 0 Å². The van der Waals surface area contributed by atoms with Crippen LogP contribution < -0.4 is 5.32 Å². The van der Waals surface area contributed by atoms with Crippen LogP contribution in [0, 0.1) is 0 Å². The smallest absolute Gasteiger partial charge is 0.227 e. The van der Waals surface area contributed by atoms with Crippen LogP contribution in [0.2, 0.25) is 0 Å². The lowest BCUT2D eigenvalue weighted by molar-refractivity contribution is 0.380. The van der Waals surface area contributed by atoms with Gasteiger partial charge in [0.25, 0.3) is 0 Å². The summed E-state index contributed by atoms with van der Waals surface area (Å²) in [6, 6.07) is 11.9. The van der Waals surface area contributed by atoms with E-state index in [1.807, 2.05) is 42.6 Å². The fourth-order valence-electron chi connectivity index (χ4n) is 2.71. The largest absolute Gasteiger partial charge is 0.326 e. The monoisotopic (exact) mass is 336 g/mol. The van der Waals surface area contributed by atoms with Gasteiger partial charge in [0, 0.05) is 18.4 Å². The number of nitrogens with zero attached hydrogens (tertiary/aromatic N) is 5. The summed E-state index contributed by atoms with van der Waals surface area (Å²) in [5.74, 6) is 1.64. The third kappa shape index (κ3) is 4.22. The third-order valence-electron chi connectivity index (χ3n) is 3.79. The first kappa shape index (κ1) is 17.1. The SMILES string of the molecule is CCCn1c(-c2ccnc(Nc3ccccc3)n2)cnc1CN(C)C. The highest BCUT2D eigenvalue weighted by molar-refractivity contribution is 5.59. The van der Waals surface area contributed by atoms with Gasteiger partial charge in [-0.2, -0.15) is 0 Å². The Morgan fingerprint density at radius 2 is 1.88 bits per heavy atom. The Bertz CT molecular complexity index is 810. The van der Waals surface area contributed by atoms with Crippen LogP contribution in [0.4, 0.5) is 11.6 Å². The number of rotatable bonds is 7. The molecular weight excluding hydrogens is 312 g/mol. The summed E-state index contributed by atoms with van der Waals surface area (Å²) in [6.07, 6.45) is 4.73. The van der Waals surface area contributed by atoms with Gasteiger partial charge in [0.05, 0.1) is 24.1 Å². The van der Waals surface area contributed by atoms with E-state index in [2.05, 4.69) is 50.8 Å². The molecule has 0 unspecified atom stereocenters. The minimum atomic E-state index is 0.585. The first-order valence-corrected chi connectivity index (χ1v) is 8.52. The van der Waals surface area contributed by atoms with Crippen LogP contribution in [0.5, 0.6) is 0 Å². The van der Waals surface area contributed by atoms with Crippen LogP contribution in [0.1, 0.15) is 19.2 Å². The van der Waals surface area contributed by atoms with Gasteiger partial charge in [0.2, 0.25) is 5.95 Å². The van der Waals surface area contributed by atoms with Crippen molar-refractivity contribution in [3.05, 3.63) is 54.6 Å². The molecule has 130 valence electrons. The molecule has 0 fully saturated rings. The van der Waals surface area contributed by atoms with E-state index in [-0.39, 0.29) is 0 Å². The fourth-order valence-corrected chi connectivity index (χ4v) is 2.71. The zero-order valence-corrected chi connectivity index (χ0v) is 15.0. The van der Waals surface area contributed by atoms with Crippen molar-refractivity contribution in [2.24, 2.45) is 0 Å². The molecule has 0 spiro atoms. The molecule has 0 aliphatic rings. The Morgan fingerprint density at radius 1 is 1.08 bits per heavy atom. The lowest BCUT2D eigenvalue weighted by atomic mass is 10.3. The number of aromatic nitrogens is 4. The molecule has 0 bridgehead atoms. The Balaban J connectivity index is 1.91. The molecule has 0 atom stereocenters. The number of para-hydroxylation sites is 1. The molecule has 2 aromatic heterocycles. The Morgan fingerprint density at radius 3 is 2.60 bits per heavy atom. The van der Waals surface area contributed by atoms with E-state index in [9.17, 15) is 0 Å². The summed E-state index contributed by atoms with van der Waals surface area (Å²) in [5, 5.41) is 3.24. The molecule has 25 heavy (non-hydrogen) atoms. The van der Waals surface area contributed by atoms with Gasteiger partial charge in [-0.3, -0.25) is 0 Å². The van der Waals surface area contributed by atoms with E-state index in [4.69, 9.17) is 0 Å². The molecule has 6 nitrogen and oxygen atoms in total. The van der Waals surface area contributed by atoms with E-state index in [1.54, 1.807) is 6.20 Å². The van der Waals surface area contributed by atoms with Crippen molar-refractivity contribution in [2.45, 2.75) is 26.4 Å². The highest BCUT2D eigenvalue weighted by Crippen LogP contribution is 2.22. The molecule has 0 aliphatic heterocycles. The summed E-state index contributed by atoms with van der Waals surface area (Å²) in [5.41, 5.74) is 2.87. The number of anilines is 2. The lowest BCUT2D eigenvalue weighted by Gasteiger charge is -2.14. The second-order valence-corrected chi connectivity index (χ2v) is 6.21. The maximum absolute atomic E-state index is 4.68. The van der Waals surface area contributed by atoms with E-state index >= 15 is 0 Å². The van der Waals surface area contributed by atoms with E-state index in [0.717, 1.165) is 42.4 Å². The minimum Gasteiger partial charge on any atom is -0.326 e. The zero-order chi connectivity index (χ0) is 17.6. The molecule has 1 aromatic carbocycles. The molecule has 3 aromatic rings. The highest BCUT2D eigenvalue weighted by Gasteiger charge is 2.13. The van der Waals surface area contributed by atoms with Crippen LogP contribution in [0.3, 0.4) is 0 Å². The normalized spacial score (nSPS) is 11.0. The van der Waals surface area contributed by atoms with Gasteiger partial charge < -0.3 is 14.8 Å². The Kier molecular flexibility index (Phi) is 5.40. The molecule has 0 aliphatic carbocycles. The summed E-state index contributed by atoms with van der Waals surface area (Å²) < 4.78 is 2.24. The Labute approximate surface area is 148 Å². The lowest BCUT2D eigenvalue weighted by Crippen LogP contribution is -2.16. The van der Waals surface area contributed by atoms with Gasteiger partial charge in [0.15, 0.2) is 0 Å². The van der Waals surface area contributed by atoms with Gasteiger partial charge in [-0.1, -0.05) is 25.1 Å². The molecule has 1 N–H and O–H groups in total. The summed E-state index contributed by atoms with van der Waals surface area (Å²) in [7, 11) is 4.11. The number of hydrogen-bond donors (Lipinski definition) is 1. The predicted octanol–water partition coefficient (Wildman–Crippen LogP) is 3.56. The number of benzene rings is 1. The van der Waals surface area contributed by atoms with Crippen LogP contribution in [-0.4, -0.2) is 38.5 Å². The summed E-state index contributed by atoms with van der Waals surface area (Å²) in [4.78, 5) is 15.7. The van der Waals surface area contributed by atoms with Crippen LogP contribution >= 0.6 is 0 Å². The second-order valence-electron chi connectivity index (χ2n) is 6.21. The number of nitrogens with one attached hydrogen (secondary N) is 1. The van der Waals surface area contributed by atoms with Crippen molar-refractivity contribution in [1.29, 1.82) is 0 Å². The van der Waals surface area contributed by atoms with Crippen LogP contribution in [-0.2, 0) is 13.1 Å². The van der Waals surface area contributed by atoms with Crippen molar-refractivity contribution < 1.29 is 0 Å². The number of hydrogen-bond acceptors (Lipinski definition) is 5. The van der Waals surface area contributed by atoms with Crippen molar-refractivity contribution in [1.82, 2.24) is 24.4 Å². The fraction of sp³-hybridized carbons (Fsp3) is 0.316. The average molecular weight is 336 g/mol. The molecule has 2 heterocycles. The molecular formula is C19H24N6. The maximum atomic E-state index is 4.68. The number of imidazole rings is 1. The molecule has 3 rings (SSSR count). The van der Waals surface area contributed by atoms with Gasteiger partial charge in [0.1, 0.15) is 5.82 Å². The molecule has 0 saturated heterocycles. The second kappa shape index (κ2) is 7.90. The van der Waals surface area contributed by atoms with Crippen LogP contribution in [0.25, 0.3) is 11.4 Å². The Hall–Kier alpha value is -2.73. The third-order valence-corrected chi connectivity index (χ3v) is 3.79. The molecule has 6 heteroatoms. The maximum Gasteiger partial charge on any atom is 0.227 e. The summed E-state index contributed by atoms with van der Waals surface area (Å²) in [6.45, 7) is 3.90. The van der Waals surface area contributed by atoms with Crippen LogP contribution in [0.15, 0.2) is 48.8 Å². The van der Waals surface area contributed by atoms with Gasteiger partial charge in [-0.25, -0.2) is 15.0 Å². The average Bonchev–Trinajstić information content (AvgIpc) is 2.98.